The Kier molecular flexibility index (Phi) is 4.61. The van der Waals surface area contributed by atoms with Crippen LogP contribution in [-0.4, -0.2) is 29.1 Å². The summed E-state index contributed by atoms with van der Waals surface area (Å²) in [6, 6.07) is 12.9. The van der Waals surface area contributed by atoms with Crippen molar-refractivity contribution in [1.82, 2.24) is 9.47 Å². The van der Waals surface area contributed by atoms with Crippen LogP contribution in [0.5, 0.6) is 5.75 Å². The van der Waals surface area contributed by atoms with Crippen LogP contribution in [-0.2, 0) is 6.54 Å². The predicted octanol–water partition coefficient (Wildman–Crippen LogP) is 4.48. The van der Waals surface area contributed by atoms with E-state index in [1.807, 2.05) is 0 Å². The van der Waals surface area contributed by atoms with Gasteiger partial charge < -0.3 is 14.2 Å². The minimum absolute atomic E-state index is 0.192. The third-order valence-corrected chi connectivity index (χ3v) is 5.61. The zero-order chi connectivity index (χ0) is 16.4. The van der Waals surface area contributed by atoms with Gasteiger partial charge in [-0.05, 0) is 57.1 Å². The van der Waals surface area contributed by atoms with Gasteiger partial charge in [0.1, 0.15) is 11.9 Å². The summed E-state index contributed by atoms with van der Waals surface area (Å²) < 4.78 is 8.93. The summed E-state index contributed by atoms with van der Waals surface area (Å²) in [4.78, 5) is 2.63. The Bertz CT molecular complexity index is 670. The minimum Gasteiger partial charge on any atom is -0.484 e. The third-order valence-electron chi connectivity index (χ3n) is 5.61. The lowest BCUT2D eigenvalue weighted by atomic mass is 9.89. The van der Waals surface area contributed by atoms with E-state index < -0.39 is 0 Å². The summed E-state index contributed by atoms with van der Waals surface area (Å²) in [5.74, 6) is 1.68. The molecule has 4 rings (SSSR count). The van der Waals surface area contributed by atoms with E-state index in [-0.39, 0.29) is 6.10 Å². The second-order valence-corrected chi connectivity index (χ2v) is 7.24. The standard InChI is InChI=1S/C21H28N2O/c1-2-3-12-22-14-10-17(11-15-22)21-19-8-6-13-23(19)16-18-7-4-5-9-20(18)24-21/h4-9,13,17,21H,2-3,10-12,14-16H2,1H3. The summed E-state index contributed by atoms with van der Waals surface area (Å²) in [6.07, 6.45) is 7.47. The number of hydrogen-bond donors (Lipinski definition) is 0. The number of hydrogen-bond acceptors (Lipinski definition) is 2. The fourth-order valence-corrected chi connectivity index (χ4v) is 4.16. The largest absolute Gasteiger partial charge is 0.484 e. The van der Waals surface area contributed by atoms with Crippen LogP contribution in [0.25, 0.3) is 0 Å². The number of benzene rings is 1. The zero-order valence-corrected chi connectivity index (χ0v) is 14.7. The van der Waals surface area contributed by atoms with Gasteiger partial charge in [-0.1, -0.05) is 31.5 Å². The maximum Gasteiger partial charge on any atom is 0.141 e. The molecule has 3 heteroatoms. The topological polar surface area (TPSA) is 17.4 Å². The second kappa shape index (κ2) is 7.02. The van der Waals surface area contributed by atoms with Gasteiger partial charge in [-0.15, -0.1) is 0 Å². The normalized spacial score (nSPS) is 21.6. The number of aromatic nitrogens is 1. The molecule has 2 aliphatic rings. The van der Waals surface area contributed by atoms with Crippen molar-refractivity contribution in [2.45, 2.75) is 45.3 Å². The van der Waals surface area contributed by atoms with Crippen molar-refractivity contribution < 1.29 is 4.74 Å². The minimum atomic E-state index is 0.192. The Balaban J connectivity index is 1.53. The number of piperidine rings is 1. The lowest BCUT2D eigenvalue weighted by Gasteiger charge is -2.36. The lowest BCUT2D eigenvalue weighted by Crippen LogP contribution is -2.37. The van der Waals surface area contributed by atoms with Crippen molar-refractivity contribution in [2.75, 3.05) is 19.6 Å². The van der Waals surface area contributed by atoms with Crippen molar-refractivity contribution in [1.29, 1.82) is 0 Å². The first kappa shape index (κ1) is 15.8. The van der Waals surface area contributed by atoms with Crippen molar-refractivity contribution in [3.05, 3.63) is 53.9 Å². The number of ether oxygens (including phenoxy) is 1. The van der Waals surface area contributed by atoms with Gasteiger partial charge in [-0.25, -0.2) is 0 Å². The number of unbranched alkanes of at least 4 members (excludes halogenated alkanes) is 1. The highest BCUT2D eigenvalue weighted by atomic mass is 16.5. The first-order chi connectivity index (χ1) is 11.8. The molecular formula is C21H28N2O. The molecule has 1 saturated heterocycles. The predicted molar refractivity (Wildman–Crippen MR) is 97.4 cm³/mol. The molecule has 0 N–H and O–H groups in total. The van der Waals surface area contributed by atoms with Crippen LogP contribution >= 0.6 is 0 Å². The average Bonchev–Trinajstić information content (AvgIpc) is 3.01. The van der Waals surface area contributed by atoms with Crippen LogP contribution in [0.2, 0.25) is 0 Å². The van der Waals surface area contributed by atoms with Crippen molar-refractivity contribution in [3.63, 3.8) is 0 Å². The van der Waals surface area contributed by atoms with Crippen LogP contribution < -0.4 is 4.74 Å². The molecule has 0 bridgehead atoms. The van der Waals surface area contributed by atoms with E-state index in [9.17, 15) is 0 Å². The summed E-state index contributed by atoms with van der Waals surface area (Å²) in [6.45, 7) is 6.88. The number of fused-ring (bicyclic) bond motifs is 2. The zero-order valence-electron chi connectivity index (χ0n) is 14.7. The van der Waals surface area contributed by atoms with Crippen LogP contribution in [0.1, 0.15) is 50.0 Å². The Morgan fingerprint density at radius 3 is 2.75 bits per heavy atom. The quantitative estimate of drug-likeness (QED) is 0.825. The Morgan fingerprint density at radius 1 is 1.08 bits per heavy atom. The van der Waals surface area contributed by atoms with Gasteiger partial charge in [0, 0.05) is 17.7 Å². The summed E-state index contributed by atoms with van der Waals surface area (Å²) in [7, 11) is 0. The molecule has 3 nitrogen and oxygen atoms in total. The Morgan fingerprint density at radius 2 is 1.92 bits per heavy atom. The average molecular weight is 324 g/mol. The molecule has 1 unspecified atom stereocenters. The van der Waals surface area contributed by atoms with E-state index in [2.05, 4.69) is 59.0 Å². The highest BCUT2D eigenvalue weighted by molar-refractivity contribution is 5.36. The van der Waals surface area contributed by atoms with Gasteiger partial charge in [0.25, 0.3) is 0 Å². The molecule has 2 aliphatic heterocycles. The lowest BCUT2D eigenvalue weighted by molar-refractivity contribution is 0.0736. The van der Waals surface area contributed by atoms with E-state index >= 15 is 0 Å². The monoisotopic (exact) mass is 324 g/mol. The molecule has 1 aromatic heterocycles. The fourth-order valence-electron chi connectivity index (χ4n) is 4.16. The number of rotatable bonds is 4. The summed E-state index contributed by atoms with van der Waals surface area (Å²) in [5, 5.41) is 0. The number of nitrogens with zero attached hydrogens (tertiary/aromatic N) is 2. The fraction of sp³-hybridized carbons (Fsp3) is 0.524. The molecule has 0 radical (unpaired) electrons. The highest BCUT2D eigenvalue weighted by Crippen LogP contribution is 2.38. The van der Waals surface area contributed by atoms with E-state index in [1.54, 1.807) is 0 Å². The van der Waals surface area contributed by atoms with Crippen LogP contribution in [0, 0.1) is 5.92 Å². The third kappa shape index (κ3) is 3.10. The SMILES string of the molecule is CCCCN1CCC(C2Oc3ccccc3Cn3cccc32)CC1. The molecule has 128 valence electrons. The molecule has 0 saturated carbocycles. The van der Waals surface area contributed by atoms with Gasteiger partial charge in [0.05, 0.1) is 12.2 Å². The number of likely N-dealkylation sites (tertiary alicyclic amines) is 1. The molecule has 1 fully saturated rings. The smallest absolute Gasteiger partial charge is 0.141 e. The molecule has 1 atom stereocenters. The van der Waals surface area contributed by atoms with Crippen molar-refractivity contribution in [2.24, 2.45) is 5.92 Å². The van der Waals surface area contributed by atoms with Crippen LogP contribution in [0.3, 0.4) is 0 Å². The summed E-state index contributed by atoms with van der Waals surface area (Å²) >= 11 is 0. The van der Waals surface area contributed by atoms with E-state index in [1.165, 1.54) is 56.6 Å². The van der Waals surface area contributed by atoms with E-state index in [4.69, 9.17) is 4.74 Å². The molecule has 1 aromatic carbocycles. The van der Waals surface area contributed by atoms with E-state index in [0.717, 1.165) is 12.3 Å². The van der Waals surface area contributed by atoms with Crippen LogP contribution in [0.4, 0.5) is 0 Å². The van der Waals surface area contributed by atoms with E-state index in [0.29, 0.717) is 5.92 Å². The van der Waals surface area contributed by atoms with Gasteiger partial charge in [-0.3, -0.25) is 0 Å². The van der Waals surface area contributed by atoms with Gasteiger partial charge >= 0.3 is 0 Å². The maximum absolute atomic E-state index is 6.56. The maximum atomic E-state index is 6.56. The molecular weight excluding hydrogens is 296 g/mol. The van der Waals surface area contributed by atoms with Crippen LogP contribution in [0.15, 0.2) is 42.6 Å². The van der Waals surface area contributed by atoms with Crippen molar-refractivity contribution in [3.8, 4) is 5.75 Å². The molecule has 0 spiro atoms. The highest BCUT2D eigenvalue weighted by Gasteiger charge is 2.32. The molecule has 3 heterocycles. The molecule has 2 aromatic rings. The molecule has 0 amide bonds. The van der Waals surface area contributed by atoms with Gasteiger partial charge in [0.2, 0.25) is 0 Å². The van der Waals surface area contributed by atoms with Crippen molar-refractivity contribution >= 4 is 0 Å². The number of para-hydroxylation sites is 1. The Hall–Kier alpha value is -1.74. The van der Waals surface area contributed by atoms with Gasteiger partial charge in [0.15, 0.2) is 0 Å². The first-order valence-electron chi connectivity index (χ1n) is 9.47. The first-order valence-corrected chi connectivity index (χ1v) is 9.47. The molecule has 0 aliphatic carbocycles. The molecule has 24 heavy (non-hydrogen) atoms. The second-order valence-electron chi connectivity index (χ2n) is 7.24. The summed E-state index contributed by atoms with van der Waals surface area (Å²) in [5.41, 5.74) is 2.64. The Labute approximate surface area is 145 Å². The van der Waals surface area contributed by atoms with Gasteiger partial charge in [-0.2, -0.15) is 0 Å².